The molecule has 0 aromatic heterocycles. The van der Waals surface area contributed by atoms with Crippen LogP contribution in [-0.4, -0.2) is 64.7 Å². The third-order valence-corrected chi connectivity index (χ3v) is 8.75. The van der Waals surface area contributed by atoms with Gasteiger partial charge in [-0.15, -0.1) is 0 Å². The number of benzene rings is 3. The van der Waals surface area contributed by atoms with Crippen molar-refractivity contribution < 1.29 is 23.9 Å². The zero-order valence-electron chi connectivity index (χ0n) is 25.3. The van der Waals surface area contributed by atoms with E-state index in [0.717, 1.165) is 6.42 Å². The molecule has 4 unspecified atom stereocenters. The first-order chi connectivity index (χ1) is 21.2. The van der Waals surface area contributed by atoms with Gasteiger partial charge in [0.05, 0.1) is 17.6 Å². The Morgan fingerprint density at radius 3 is 2.32 bits per heavy atom. The van der Waals surface area contributed by atoms with Gasteiger partial charge in [-0.2, -0.15) is 0 Å². The van der Waals surface area contributed by atoms with Crippen molar-refractivity contribution in [2.75, 3.05) is 6.54 Å². The summed E-state index contributed by atoms with van der Waals surface area (Å²) in [6, 6.07) is 21.1. The van der Waals surface area contributed by atoms with Crippen LogP contribution in [0.1, 0.15) is 71.9 Å². The Morgan fingerprint density at radius 2 is 1.66 bits per heavy atom. The van der Waals surface area contributed by atoms with Crippen LogP contribution in [0.4, 0.5) is 0 Å². The Kier molecular flexibility index (Phi) is 9.72. The van der Waals surface area contributed by atoms with Gasteiger partial charge in [0.25, 0.3) is 5.91 Å². The lowest BCUT2D eigenvalue weighted by molar-refractivity contribution is -0.139. The van der Waals surface area contributed by atoms with Crippen molar-refractivity contribution in [1.29, 1.82) is 0 Å². The van der Waals surface area contributed by atoms with E-state index in [2.05, 4.69) is 50.7 Å². The monoisotopic (exact) mass is 611 g/mol. The maximum absolute atomic E-state index is 13.3. The maximum atomic E-state index is 13.3. The van der Waals surface area contributed by atoms with Crippen LogP contribution in [0.2, 0.25) is 0 Å². The first-order valence-corrected chi connectivity index (χ1v) is 15.7. The molecule has 2 N–H and O–H groups in total. The van der Waals surface area contributed by atoms with Gasteiger partial charge in [0.1, 0.15) is 12.1 Å². The highest BCUT2D eigenvalue weighted by Gasteiger charge is 2.39. The van der Waals surface area contributed by atoms with E-state index < -0.39 is 18.0 Å². The second-order valence-electron chi connectivity index (χ2n) is 11.4. The quantitative estimate of drug-likeness (QED) is 0.304. The van der Waals surface area contributed by atoms with Gasteiger partial charge in [0.2, 0.25) is 11.8 Å². The maximum Gasteiger partial charge on any atom is 0.252 e. The number of amides is 3. The average molecular weight is 612 g/mol. The topological polar surface area (TPSA) is 105 Å². The second-order valence-corrected chi connectivity index (χ2v) is 11.9. The van der Waals surface area contributed by atoms with Crippen LogP contribution in [0.15, 0.2) is 72.8 Å². The lowest BCUT2D eigenvalue weighted by Crippen LogP contribution is -2.54. The normalized spacial score (nSPS) is 20.7. The highest BCUT2D eigenvalue weighted by molar-refractivity contribution is 7.20. The molecule has 2 heterocycles. The molecule has 0 radical (unpaired) electrons. The van der Waals surface area contributed by atoms with Crippen molar-refractivity contribution in [3.05, 3.63) is 95.1 Å². The van der Waals surface area contributed by atoms with E-state index >= 15 is 0 Å². The van der Waals surface area contributed by atoms with Gasteiger partial charge in [0.15, 0.2) is 5.78 Å². The minimum absolute atomic E-state index is 0.114. The number of carbonyl (C=O) groups excluding carboxylic acids is 4. The third kappa shape index (κ3) is 6.52. The highest BCUT2D eigenvalue weighted by Crippen LogP contribution is 2.38. The molecule has 3 amide bonds. The molecule has 44 heavy (non-hydrogen) atoms. The lowest BCUT2D eigenvalue weighted by Gasteiger charge is -2.28. The number of carbonyl (C=O) groups is 4. The fraction of sp³-hybridized carbons (Fsp3) is 0.343. The number of likely N-dealkylation sites (tertiary alicyclic amines) is 1. The van der Waals surface area contributed by atoms with Gasteiger partial charge in [-0.3, -0.25) is 19.2 Å². The molecule has 228 valence electrons. The van der Waals surface area contributed by atoms with Crippen LogP contribution >= 0.6 is 8.86 Å². The van der Waals surface area contributed by atoms with Crippen molar-refractivity contribution >= 4 is 37.8 Å². The van der Waals surface area contributed by atoms with Crippen LogP contribution in [0.25, 0.3) is 11.1 Å². The largest absolute Gasteiger partial charge is 0.349 e. The van der Waals surface area contributed by atoms with E-state index in [4.69, 9.17) is 4.74 Å². The second kappa shape index (κ2) is 13.7. The fourth-order valence-electron chi connectivity index (χ4n) is 6.03. The Morgan fingerprint density at radius 1 is 0.977 bits per heavy atom. The number of nitrogens with one attached hydrogen (secondary N) is 2. The van der Waals surface area contributed by atoms with Gasteiger partial charge in [-0.25, -0.2) is 0 Å². The number of aryl methyl sites for hydroxylation is 1. The average Bonchev–Trinajstić information content (AvgIpc) is 3.73. The summed E-state index contributed by atoms with van der Waals surface area (Å²) in [6.07, 6.45) is 2.83. The zero-order valence-corrected chi connectivity index (χ0v) is 26.3. The molecular weight excluding hydrogens is 573 g/mol. The summed E-state index contributed by atoms with van der Waals surface area (Å²) >= 11 is 0. The Labute approximate surface area is 260 Å². The van der Waals surface area contributed by atoms with Gasteiger partial charge < -0.3 is 20.3 Å². The molecule has 4 atom stereocenters. The number of ketones is 1. The standard InChI is InChI=1S/C27H28N3O5P.C8H10/c1-14(27(34)30-12-6-11-21(30)26(33)29-20-13-22(36)35-15(20)2)28-25(32)19-10-5-9-18-23(19)16-7-3-4-8-17(16)24(18)31;1-2-8-6-4-3-5-7-8/h3-5,7-10,14-15,20-21,36H,6,11-13H2,1-2H3,(H,28,32)(H,29,33);3-7H,2H2,1H3. The molecule has 2 fully saturated rings. The predicted molar refractivity (Wildman–Crippen MR) is 173 cm³/mol. The van der Waals surface area contributed by atoms with Crippen LogP contribution in [0.3, 0.4) is 0 Å². The van der Waals surface area contributed by atoms with Crippen LogP contribution in [-0.2, 0) is 20.7 Å². The molecular formula is C35H38N3O5P. The predicted octanol–water partition coefficient (Wildman–Crippen LogP) is 4.82. The van der Waals surface area contributed by atoms with Crippen molar-refractivity contribution in [3.63, 3.8) is 0 Å². The molecule has 3 aromatic carbocycles. The minimum Gasteiger partial charge on any atom is -0.349 e. The molecule has 3 aliphatic rings. The van der Waals surface area contributed by atoms with Gasteiger partial charge in [0, 0.05) is 35.2 Å². The smallest absolute Gasteiger partial charge is 0.252 e. The van der Waals surface area contributed by atoms with Crippen LogP contribution in [0.5, 0.6) is 0 Å². The summed E-state index contributed by atoms with van der Waals surface area (Å²) in [6.45, 7) is 6.12. The summed E-state index contributed by atoms with van der Waals surface area (Å²) in [4.78, 5) is 53.9. The van der Waals surface area contributed by atoms with Gasteiger partial charge >= 0.3 is 0 Å². The number of fused-ring (bicyclic) bond motifs is 3. The number of hydrogen-bond acceptors (Lipinski definition) is 5. The first-order valence-electron chi connectivity index (χ1n) is 15.2. The SMILES string of the molecule is CC(NC(=O)c1cccc2c1-c1ccccc1C2=O)C(=O)N1CCCC1C(=O)NC1CC(=P)OC1C.CCc1ccccc1. The van der Waals surface area contributed by atoms with Crippen molar-refractivity contribution in [3.8, 4) is 11.1 Å². The van der Waals surface area contributed by atoms with E-state index in [-0.39, 0.29) is 29.7 Å². The number of hydrogen-bond donors (Lipinski definition) is 2. The Hall–Kier alpha value is -4.13. The van der Waals surface area contributed by atoms with E-state index in [1.165, 1.54) is 5.56 Å². The molecule has 8 nitrogen and oxygen atoms in total. The lowest BCUT2D eigenvalue weighted by atomic mass is 9.98. The highest BCUT2D eigenvalue weighted by atomic mass is 31.0. The molecule has 9 heteroatoms. The Balaban J connectivity index is 0.000000418. The summed E-state index contributed by atoms with van der Waals surface area (Å²) < 4.78 is 5.56. The Bertz CT molecular complexity index is 1590. The molecule has 0 bridgehead atoms. The molecule has 3 aromatic rings. The van der Waals surface area contributed by atoms with Crippen LogP contribution in [0, 0.1) is 0 Å². The summed E-state index contributed by atoms with van der Waals surface area (Å²) in [7, 11) is 3.39. The van der Waals surface area contributed by atoms with Gasteiger partial charge in [-0.1, -0.05) is 82.5 Å². The zero-order chi connectivity index (χ0) is 31.4. The molecule has 2 saturated heterocycles. The minimum atomic E-state index is -0.843. The molecule has 0 spiro atoms. The molecule has 1 aliphatic carbocycles. The molecule has 6 rings (SSSR count). The number of nitrogens with zero attached hydrogens (tertiary/aromatic N) is 1. The van der Waals surface area contributed by atoms with E-state index in [1.807, 2.05) is 25.1 Å². The van der Waals surface area contributed by atoms with Crippen LogP contribution < -0.4 is 10.6 Å². The van der Waals surface area contributed by atoms with E-state index in [0.29, 0.717) is 59.1 Å². The number of rotatable bonds is 6. The van der Waals surface area contributed by atoms with Gasteiger partial charge in [-0.05, 0) is 50.3 Å². The van der Waals surface area contributed by atoms with E-state index in [9.17, 15) is 19.2 Å². The van der Waals surface area contributed by atoms with Crippen molar-refractivity contribution in [2.24, 2.45) is 0 Å². The summed E-state index contributed by atoms with van der Waals surface area (Å²) in [5.74, 6) is -1.07. The summed E-state index contributed by atoms with van der Waals surface area (Å²) in [5, 5.41) is 5.79. The summed E-state index contributed by atoms with van der Waals surface area (Å²) in [5.41, 5.74) is 4.80. The fourth-order valence-corrected chi connectivity index (χ4v) is 6.44. The van der Waals surface area contributed by atoms with E-state index in [1.54, 1.807) is 42.2 Å². The third-order valence-electron chi connectivity index (χ3n) is 8.43. The number of ether oxygens (including phenoxy) is 1. The molecule has 0 saturated carbocycles. The molecule has 2 aliphatic heterocycles. The first kappa shape index (κ1) is 31.3. The van der Waals surface area contributed by atoms with Crippen molar-refractivity contribution in [2.45, 2.75) is 70.7 Å². The van der Waals surface area contributed by atoms with Crippen molar-refractivity contribution in [1.82, 2.24) is 15.5 Å².